The lowest BCUT2D eigenvalue weighted by Gasteiger charge is -2.32. The second-order valence-corrected chi connectivity index (χ2v) is 6.19. The van der Waals surface area contributed by atoms with Crippen LogP contribution < -0.4 is 5.32 Å². The van der Waals surface area contributed by atoms with Crippen LogP contribution in [0.3, 0.4) is 0 Å². The zero-order valence-corrected chi connectivity index (χ0v) is 12.4. The van der Waals surface area contributed by atoms with Gasteiger partial charge in [-0.2, -0.15) is 0 Å². The van der Waals surface area contributed by atoms with Gasteiger partial charge in [0.2, 0.25) is 11.8 Å². The second-order valence-electron chi connectivity index (χ2n) is 6.19. The minimum absolute atomic E-state index is 0.0182. The lowest BCUT2D eigenvalue weighted by molar-refractivity contribution is -0.154. The van der Waals surface area contributed by atoms with E-state index in [0.29, 0.717) is 12.8 Å². The number of likely N-dealkylation sites (tertiary alicyclic amines) is 1. The molecule has 21 heavy (non-hydrogen) atoms. The topological polar surface area (TPSA) is 86.7 Å². The third kappa shape index (κ3) is 3.95. The molecule has 2 amide bonds. The van der Waals surface area contributed by atoms with Crippen LogP contribution in [0.5, 0.6) is 0 Å². The van der Waals surface area contributed by atoms with Crippen molar-refractivity contribution < 1.29 is 19.5 Å². The molecule has 0 aromatic rings. The summed E-state index contributed by atoms with van der Waals surface area (Å²) >= 11 is 0. The van der Waals surface area contributed by atoms with E-state index in [1.54, 1.807) is 4.90 Å². The van der Waals surface area contributed by atoms with Gasteiger partial charge in [-0.1, -0.05) is 19.3 Å². The van der Waals surface area contributed by atoms with Crippen molar-refractivity contribution in [2.75, 3.05) is 19.6 Å². The van der Waals surface area contributed by atoms with Gasteiger partial charge in [0.15, 0.2) is 0 Å². The van der Waals surface area contributed by atoms with E-state index >= 15 is 0 Å². The molecule has 2 N–H and O–H groups in total. The number of aliphatic carboxylic acids is 1. The fourth-order valence-electron chi connectivity index (χ4n) is 3.32. The summed E-state index contributed by atoms with van der Waals surface area (Å²) in [5.74, 6) is -1.29. The van der Waals surface area contributed by atoms with E-state index in [0.717, 1.165) is 45.2 Å². The molecule has 0 aromatic heterocycles. The van der Waals surface area contributed by atoms with E-state index in [2.05, 4.69) is 5.32 Å². The summed E-state index contributed by atoms with van der Waals surface area (Å²) in [6.07, 6.45) is 5.85. The molecule has 0 unspecified atom stereocenters. The molecule has 2 aliphatic rings. The van der Waals surface area contributed by atoms with Gasteiger partial charge < -0.3 is 15.3 Å². The molecule has 1 saturated heterocycles. The van der Waals surface area contributed by atoms with Crippen LogP contribution >= 0.6 is 0 Å². The fraction of sp³-hybridized carbons (Fsp3) is 0.800. The third-order valence-electron chi connectivity index (χ3n) is 4.66. The Balaban J connectivity index is 1.82. The molecule has 1 heterocycles. The van der Waals surface area contributed by atoms with Crippen molar-refractivity contribution >= 4 is 17.8 Å². The van der Waals surface area contributed by atoms with E-state index in [4.69, 9.17) is 0 Å². The highest BCUT2D eigenvalue weighted by Crippen LogP contribution is 2.39. The summed E-state index contributed by atoms with van der Waals surface area (Å²) in [5.41, 5.74) is -0.932. The van der Waals surface area contributed by atoms with E-state index in [1.165, 1.54) is 0 Å². The molecule has 1 saturated carbocycles. The Morgan fingerprint density at radius 1 is 1.00 bits per heavy atom. The normalized spacial score (nSPS) is 21.0. The van der Waals surface area contributed by atoms with Crippen LogP contribution in [0.1, 0.15) is 51.4 Å². The van der Waals surface area contributed by atoms with E-state index in [-0.39, 0.29) is 24.8 Å². The Hall–Kier alpha value is -1.59. The van der Waals surface area contributed by atoms with Crippen molar-refractivity contribution in [3.8, 4) is 0 Å². The van der Waals surface area contributed by atoms with Crippen molar-refractivity contribution in [3.63, 3.8) is 0 Å². The number of carboxylic acids is 1. The number of hydrogen-bond acceptors (Lipinski definition) is 3. The first-order chi connectivity index (χ1) is 10.0. The predicted octanol–water partition coefficient (Wildman–Crippen LogP) is 1.15. The van der Waals surface area contributed by atoms with E-state index in [1.807, 2.05) is 0 Å². The molecule has 0 atom stereocenters. The standard InChI is InChI=1S/C15H24N2O4/c18-12(16-11-13(19)17-8-4-5-9-17)10-15(14(20)21)6-2-1-3-7-15/h1-11H2,(H,16,18)(H,20,21). The minimum Gasteiger partial charge on any atom is -0.481 e. The molecule has 6 heteroatoms. The van der Waals surface area contributed by atoms with E-state index in [9.17, 15) is 19.5 Å². The number of hydrogen-bond donors (Lipinski definition) is 2. The molecule has 2 fully saturated rings. The largest absolute Gasteiger partial charge is 0.481 e. The molecule has 0 bridgehead atoms. The number of carboxylic acid groups (broad SMARTS) is 1. The maximum absolute atomic E-state index is 12.0. The van der Waals surface area contributed by atoms with Gasteiger partial charge in [-0.25, -0.2) is 0 Å². The summed E-state index contributed by atoms with van der Waals surface area (Å²) in [6, 6.07) is 0. The summed E-state index contributed by atoms with van der Waals surface area (Å²) in [5, 5.41) is 12.0. The highest BCUT2D eigenvalue weighted by Gasteiger charge is 2.41. The Morgan fingerprint density at radius 3 is 2.19 bits per heavy atom. The molecular formula is C15H24N2O4. The van der Waals surface area contributed by atoms with Crippen molar-refractivity contribution in [2.24, 2.45) is 5.41 Å². The zero-order valence-electron chi connectivity index (χ0n) is 12.4. The van der Waals surface area contributed by atoms with Gasteiger partial charge in [0.1, 0.15) is 0 Å². The monoisotopic (exact) mass is 296 g/mol. The molecule has 0 aromatic carbocycles. The van der Waals surface area contributed by atoms with Crippen LogP contribution in [0.2, 0.25) is 0 Å². The van der Waals surface area contributed by atoms with Gasteiger partial charge in [-0.15, -0.1) is 0 Å². The predicted molar refractivity (Wildman–Crippen MR) is 76.6 cm³/mol. The lowest BCUT2D eigenvalue weighted by Crippen LogP contribution is -2.42. The molecule has 1 aliphatic carbocycles. The summed E-state index contributed by atoms with van der Waals surface area (Å²) in [4.78, 5) is 37.1. The van der Waals surface area contributed by atoms with Crippen LogP contribution in [0.15, 0.2) is 0 Å². The first kappa shape index (κ1) is 15.8. The molecule has 6 nitrogen and oxygen atoms in total. The average molecular weight is 296 g/mol. The highest BCUT2D eigenvalue weighted by atomic mass is 16.4. The number of carbonyl (C=O) groups excluding carboxylic acids is 2. The zero-order chi connectivity index (χ0) is 15.3. The van der Waals surface area contributed by atoms with Crippen molar-refractivity contribution in [1.82, 2.24) is 10.2 Å². The van der Waals surface area contributed by atoms with Crippen LogP contribution in [-0.2, 0) is 14.4 Å². The van der Waals surface area contributed by atoms with Gasteiger partial charge >= 0.3 is 5.97 Å². The van der Waals surface area contributed by atoms with Gasteiger partial charge in [0, 0.05) is 19.5 Å². The number of nitrogens with one attached hydrogen (secondary N) is 1. The Bertz CT molecular complexity index is 410. The Morgan fingerprint density at radius 2 is 1.62 bits per heavy atom. The van der Waals surface area contributed by atoms with Crippen molar-refractivity contribution in [1.29, 1.82) is 0 Å². The van der Waals surface area contributed by atoms with Crippen molar-refractivity contribution in [3.05, 3.63) is 0 Å². The molecular weight excluding hydrogens is 272 g/mol. The third-order valence-corrected chi connectivity index (χ3v) is 4.66. The smallest absolute Gasteiger partial charge is 0.310 e. The average Bonchev–Trinajstić information content (AvgIpc) is 3.00. The summed E-state index contributed by atoms with van der Waals surface area (Å²) in [6.45, 7) is 1.50. The highest BCUT2D eigenvalue weighted by molar-refractivity contribution is 5.88. The van der Waals surface area contributed by atoms with Crippen LogP contribution in [0, 0.1) is 5.41 Å². The fourth-order valence-corrected chi connectivity index (χ4v) is 3.32. The first-order valence-electron chi connectivity index (χ1n) is 7.81. The lowest BCUT2D eigenvalue weighted by atomic mass is 9.71. The Kier molecular flexibility index (Phi) is 5.20. The van der Waals surface area contributed by atoms with Gasteiger partial charge in [-0.05, 0) is 25.7 Å². The number of carbonyl (C=O) groups is 3. The van der Waals surface area contributed by atoms with Gasteiger partial charge in [0.25, 0.3) is 0 Å². The minimum atomic E-state index is -0.932. The summed E-state index contributed by atoms with van der Waals surface area (Å²) < 4.78 is 0. The van der Waals surface area contributed by atoms with Crippen molar-refractivity contribution in [2.45, 2.75) is 51.4 Å². The number of rotatable bonds is 5. The van der Waals surface area contributed by atoms with Crippen LogP contribution in [0.25, 0.3) is 0 Å². The van der Waals surface area contributed by atoms with Gasteiger partial charge in [-0.3, -0.25) is 14.4 Å². The maximum Gasteiger partial charge on any atom is 0.310 e. The second kappa shape index (κ2) is 6.91. The first-order valence-corrected chi connectivity index (χ1v) is 7.81. The maximum atomic E-state index is 12.0. The summed E-state index contributed by atoms with van der Waals surface area (Å²) in [7, 11) is 0. The quantitative estimate of drug-likeness (QED) is 0.797. The van der Waals surface area contributed by atoms with Crippen LogP contribution in [0.4, 0.5) is 0 Å². The molecule has 0 spiro atoms. The van der Waals surface area contributed by atoms with E-state index < -0.39 is 11.4 Å². The van der Waals surface area contributed by atoms with Gasteiger partial charge in [0.05, 0.1) is 12.0 Å². The SMILES string of the molecule is O=C(CC1(C(=O)O)CCCCC1)NCC(=O)N1CCCC1. The molecule has 1 aliphatic heterocycles. The Labute approximate surface area is 124 Å². The molecule has 118 valence electrons. The molecule has 0 radical (unpaired) electrons. The number of nitrogens with zero attached hydrogens (tertiary/aromatic N) is 1. The number of amides is 2. The molecule has 2 rings (SSSR count). The van der Waals surface area contributed by atoms with Crippen LogP contribution in [-0.4, -0.2) is 47.4 Å².